The van der Waals surface area contributed by atoms with E-state index in [1.54, 1.807) is 0 Å². The number of hydrogen-bond acceptors (Lipinski definition) is 3. The predicted octanol–water partition coefficient (Wildman–Crippen LogP) is 1.99. The lowest BCUT2D eigenvalue weighted by atomic mass is 10.0. The molecule has 2 saturated heterocycles. The Balaban J connectivity index is 1.94. The van der Waals surface area contributed by atoms with Crippen LogP contribution in [0.5, 0.6) is 0 Å². The van der Waals surface area contributed by atoms with Gasteiger partial charge in [0, 0.05) is 24.2 Å². The average Bonchev–Trinajstić information content (AvgIpc) is 2.48. The second-order valence-electron chi connectivity index (χ2n) is 3.78. The van der Waals surface area contributed by atoms with E-state index in [1.165, 1.54) is 12.8 Å². The molecule has 2 aliphatic rings. The minimum absolute atomic E-state index is 0.0466. The third-order valence-corrected chi connectivity index (χ3v) is 3.13. The van der Waals surface area contributed by atoms with E-state index in [9.17, 15) is 4.79 Å². The summed E-state index contributed by atoms with van der Waals surface area (Å²) in [7, 11) is 0. The van der Waals surface area contributed by atoms with Gasteiger partial charge in [0.25, 0.3) is 0 Å². The molecule has 13 heavy (non-hydrogen) atoms. The Morgan fingerprint density at radius 3 is 2.92 bits per heavy atom. The van der Waals surface area contributed by atoms with Crippen LogP contribution in [0.25, 0.3) is 0 Å². The molecule has 3 nitrogen and oxygen atoms in total. The molecule has 0 bridgehead atoms. The quantitative estimate of drug-likeness (QED) is 0.611. The molecule has 0 aromatic rings. The van der Waals surface area contributed by atoms with Crippen molar-refractivity contribution in [3.63, 3.8) is 0 Å². The van der Waals surface area contributed by atoms with Crippen molar-refractivity contribution in [2.24, 2.45) is 0 Å². The lowest BCUT2D eigenvalue weighted by Gasteiger charge is -2.31. The van der Waals surface area contributed by atoms with Crippen LogP contribution in [0.3, 0.4) is 0 Å². The van der Waals surface area contributed by atoms with E-state index in [0.717, 1.165) is 25.9 Å². The van der Waals surface area contributed by atoms with Crippen LogP contribution in [-0.2, 0) is 4.74 Å². The minimum Gasteiger partial charge on any atom is -0.449 e. The monoisotopic (exact) mass is 203 g/mol. The number of halogens is 1. The molecule has 2 aliphatic heterocycles. The van der Waals surface area contributed by atoms with Crippen LogP contribution in [0.4, 0.5) is 4.79 Å². The van der Waals surface area contributed by atoms with E-state index in [-0.39, 0.29) is 6.10 Å². The fraction of sp³-hybridized carbons (Fsp3) is 0.889. The summed E-state index contributed by atoms with van der Waals surface area (Å²) in [6.07, 6.45) is 4.67. The number of ether oxygens (including phenoxy) is 1. The SMILES string of the molecule is O=C(Cl)OC1CCN2CCCCC12. The van der Waals surface area contributed by atoms with Crippen LogP contribution in [0, 0.1) is 0 Å². The van der Waals surface area contributed by atoms with Gasteiger partial charge in [0.1, 0.15) is 6.10 Å². The lowest BCUT2D eigenvalue weighted by molar-refractivity contribution is 0.0733. The number of carbonyl (C=O) groups is 1. The molecule has 74 valence electrons. The number of hydrogen-bond donors (Lipinski definition) is 0. The lowest BCUT2D eigenvalue weighted by Crippen LogP contribution is -2.40. The Kier molecular flexibility index (Phi) is 2.74. The average molecular weight is 204 g/mol. The second kappa shape index (κ2) is 3.84. The molecule has 2 rings (SSSR count). The molecule has 0 spiro atoms. The van der Waals surface area contributed by atoms with Crippen LogP contribution in [0.1, 0.15) is 25.7 Å². The molecule has 0 aromatic carbocycles. The van der Waals surface area contributed by atoms with Gasteiger partial charge in [-0.1, -0.05) is 6.42 Å². The number of rotatable bonds is 1. The van der Waals surface area contributed by atoms with Gasteiger partial charge in [-0.25, -0.2) is 4.79 Å². The van der Waals surface area contributed by atoms with Crippen LogP contribution in [0.2, 0.25) is 0 Å². The Hall–Kier alpha value is -0.280. The maximum atomic E-state index is 10.6. The molecule has 0 aromatic heterocycles. The summed E-state index contributed by atoms with van der Waals surface area (Å²) in [5.41, 5.74) is -0.655. The predicted molar refractivity (Wildman–Crippen MR) is 50.0 cm³/mol. The van der Waals surface area contributed by atoms with Gasteiger partial charge in [0.2, 0.25) is 0 Å². The molecule has 0 N–H and O–H groups in total. The normalized spacial score (nSPS) is 34.2. The van der Waals surface area contributed by atoms with Gasteiger partial charge in [0.05, 0.1) is 0 Å². The highest BCUT2D eigenvalue weighted by atomic mass is 35.5. The summed E-state index contributed by atoms with van der Waals surface area (Å²) in [5.74, 6) is 0. The van der Waals surface area contributed by atoms with Crippen molar-refractivity contribution in [1.82, 2.24) is 4.90 Å². The van der Waals surface area contributed by atoms with E-state index in [0.29, 0.717) is 6.04 Å². The van der Waals surface area contributed by atoms with Crippen LogP contribution >= 0.6 is 11.6 Å². The third kappa shape index (κ3) is 1.97. The van der Waals surface area contributed by atoms with Crippen LogP contribution in [0.15, 0.2) is 0 Å². The first kappa shape index (κ1) is 9.28. The van der Waals surface area contributed by atoms with Crippen molar-refractivity contribution in [1.29, 1.82) is 0 Å². The Bertz CT molecular complexity index is 210. The standard InChI is InChI=1S/C9H14ClNO2/c10-9(12)13-8-4-6-11-5-2-1-3-7(8)11/h7-8H,1-6H2. The van der Waals surface area contributed by atoms with Gasteiger partial charge < -0.3 is 4.74 Å². The first-order valence-electron chi connectivity index (χ1n) is 4.87. The van der Waals surface area contributed by atoms with Gasteiger partial charge in [-0.05, 0) is 25.8 Å². The summed E-state index contributed by atoms with van der Waals surface area (Å²) in [6, 6.07) is 0.441. The maximum absolute atomic E-state index is 10.6. The van der Waals surface area contributed by atoms with E-state index in [1.807, 2.05) is 0 Å². The van der Waals surface area contributed by atoms with Gasteiger partial charge in [0.15, 0.2) is 0 Å². The highest BCUT2D eigenvalue weighted by Crippen LogP contribution is 2.29. The molecule has 2 unspecified atom stereocenters. The fourth-order valence-electron chi connectivity index (χ4n) is 2.46. The molecule has 0 amide bonds. The first-order valence-corrected chi connectivity index (χ1v) is 5.25. The van der Waals surface area contributed by atoms with E-state index in [4.69, 9.17) is 16.3 Å². The molecule has 0 saturated carbocycles. The van der Waals surface area contributed by atoms with Crippen molar-refractivity contribution in [3.8, 4) is 0 Å². The van der Waals surface area contributed by atoms with Crippen molar-refractivity contribution < 1.29 is 9.53 Å². The minimum atomic E-state index is -0.655. The van der Waals surface area contributed by atoms with Crippen molar-refractivity contribution >= 4 is 17.0 Å². The van der Waals surface area contributed by atoms with Gasteiger partial charge in [-0.2, -0.15) is 0 Å². The zero-order chi connectivity index (χ0) is 9.26. The Morgan fingerprint density at radius 1 is 1.31 bits per heavy atom. The number of carbonyl (C=O) groups excluding carboxylic acids is 1. The van der Waals surface area contributed by atoms with Gasteiger partial charge in [-0.3, -0.25) is 4.90 Å². The molecular weight excluding hydrogens is 190 g/mol. The molecule has 0 radical (unpaired) electrons. The summed E-state index contributed by atoms with van der Waals surface area (Å²) in [5, 5.41) is 0. The third-order valence-electron chi connectivity index (χ3n) is 3.04. The summed E-state index contributed by atoms with van der Waals surface area (Å²) in [4.78, 5) is 13.0. The highest BCUT2D eigenvalue weighted by Gasteiger charge is 2.37. The van der Waals surface area contributed by atoms with E-state index >= 15 is 0 Å². The maximum Gasteiger partial charge on any atom is 0.404 e. The fourth-order valence-corrected chi connectivity index (χ4v) is 2.57. The van der Waals surface area contributed by atoms with Crippen molar-refractivity contribution in [2.75, 3.05) is 13.1 Å². The summed E-state index contributed by atoms with van der Waals surface area (Å²) < 4.78 is 5.07. The highest BCUT2D eigenvalue weighted by molar-refractivity contribution is 6.61. The Morgan fingerprint density at radius 2 is 2.15 bits per heavy atom. The van der Waals surface area contributed by atoms with Crippen molar-refractivity contribution in [2.45, 2.75) is 37.8 Å². The second-order valence-corrected chi connectivity index (χ2v) is 4.09. The molecule has 2 fully saturated rings. The number of nitrogens with zero attached hydrogens (tertiary/aromatic N) is 1. The number of fused-ring (bicyclic) bond motifs is 1. The number of piperidine rings is 1. The smallest absolute Gasteiger partial charge is 0.404 e. The van der Waals surface area contributed by atoms with Gasteiger partial charge in [-0.15, -0.1) is 0 Å². The zero-order valence-electron chi connectivity index (χ0n) is 7.54. The molecule has 0 aliphatic carbocycles. The molecule has 2 heterocycles. The summed E-state index contributed by atoms with van der Waals surface area (Å²) >= 11 is 5.21. The van der Waals surface area contributed by atoms with Crippen LogP contribution < -0.4 is 0 Å². The van der Waals surface area contributed by atoms with Crippen molar-refractivity contribution in [3.05, 3.63) is 0 Å². The van der Waals surface area contributed by atoms with E-state index < -0.39 is 5.43 Å². The van der Waals surface area contributed by atoms with Crippen LogP contribution in [-0.4, -0.2) is 35.6 Å². The van der Waals surface area contributed by atoms with Gasteiger partial charge >= 0.3 is 5.43 Å². The van der Waals surface area contributed by atoms with E-state index in [2.05, 4.69) is 4.90 Å². The molecular formula is C9H14ClNO2. The largest absolute Gasteiger partial charge is 0.449 e. The molecule has 4 heteroatoms. The summed E-state index contributed by atoms with van der Waals surface area (Å²) in [6.45, 7) is 2.21. The topological polar surface area (TPSA) is 29.5 Å². The molecule has 2 atom stereocenters. The first-order chi connectivity index (χ1) is 6.27. The Labute approximate surface area is 83.0 Å². The zero-order valence-corrected chi connectivity index (χ0v) is 8.29.